The summed E-state index contributed by atoms with van der Waals surface area (Å²) in [5.74, 6) is 1.76. The highest BCUT2D eigenvalue weighted by molar-refractivity contribution is 6.37. The number of rotatable bonds is 5. The van der Waals surface area contributed by atoms with E-state index in [1.54, 1.807) is 0 Å². The molecule has 4 nitrogen and oxygen atoms in total. The molecular weight excluding hydrogens is 791 g/mol. The lowest BCUT2D eigenvalue weighted by Gasteiger charge is -2.17. The number of nitrogens with zero attached hydrogens (tertiary/aromatic N) is 3. The van der Waals surface area contributed by atoms with Gasteiger partial charge in [-0.05, 0) is 123 Å². The molecule has 0 saturated carbocycles. The van der Waals surface area contributed by atoms with Gasteiger partial charge in [0.2, 0.25) is 0 Å². The van der Waals surface area contributed by atoms with Crippen LogP contribution in [-0.2, 0) is 0 Å². The van der Waals surface area contributed by atoms with E-state index in [1.807, 2.05) is 60.7 Å². The number of furan rings is 1. The van der Waals surface area contributed by atoms with Gasteiger partial charge in [0.05, 0.1) is 5.56 Å². The summed E-state index contributed by atoms with van der Waals surface area (Å²) in [4.78, 5) is 15.3. The Morgan fingerprint density at radius 2 is 0.723 bits per heavy atom. The zero-order valence-corrected chi connectivity index (χ0v) is 35.0. The Kier molecular flexibility index (Phi) is 7.65. The van der Waals surface area contributed by atoms with Gasteiger partial charge in [0, 0.05) is 21.9 Å². The van der Waals surface area contributed by atoms with Crippen molar-refractivity contribution in [1.29, 1.82) is 0 Å². The molecule has 0 aliphatic carbocycles. The van der Waals surface area contributed by atoms with Crippen molar-refractivity contribution in [3.05, 3.63) is 212 Å². The largest absolute Gasteiger partial charge is 0.455 e. The van der Waals surface area contributed by atoms with Gasteiger partial charge in [0.15, 0.2) is 17.5 Å². The summed E-state index contributed by atoms with van der Waals surface area (Å²) < 4.78 is 6.47. The number of para-hydroxylation sites is 2. The van der Waals surface area contributed by atoms with Crippen molar-refractivity contribution in [2.75, 3.05) is 0 Å². The maximum absolute atomic E-state index is 6.47. The van der Waals surface area contributed by atoms with Crippen molar-refractivity contribution in [2.24, 2.45) is 0 Å². The van der Waals surface area contributed by atoms with E-state index in [1.165, 1.54) is 70.2 Å². The molecule has 0 aliphatic heterocycles. The summed E-state index contributed by atoms with van der Waals surface area (Å²) in [6, 6.07) is 76.1. The molecule has 2 heterocycles. The molecule has 0 spiro atoms. The van der Waals surface area contributed by atoms with Crippen LogP contribution < -0.4 is 0 Å². The quantitative estimate of drug-likeness (QED) is 0.162. The topological polar surface area (TPSA) is 51.8 Å². The van der Waals surface area contributed by atoms with Gasteiger partial charge in [0.1, 0.15) is 11.2 Å². The highest BCUT2D eigenvalue weighted by Gasteiger charge is 2.20. The molecule has 0 unspecified atom stereocenters. The Hall–Kier alpha value is -8.73. The second-order valence-electron chi connectivity index (χ2n) is 17.1. The zero-order chi connectivity index (χ0) is 42.6. The summed E-state index contributed by atoms with van der Waals surface area (Å²) in [5.41, 5.74) is 8.75. The molecule has 0 aliphatic rings. The zero-order valence-electron chi connectivity index (χ0n) is 35.0. The van der Waals surface area contributed by atoms with E-state index < -0.39 is 0 Å². The van der Waals surface area contributed by atoms with Gasteiger partial charge in [-0.15, -0.1) is 0 Å². The van der Waals surface area contributed by atoms with Crippen molar-refractivity contribution in [2.45, 2.75) is 0 Å². The fourth-order valence-electron chi connectivity index (χ4n) is 10.4. The molecule has 0 N–H and O–H groups in total. The van der Waals surface area contributed by atoms with Crippen molar-refractivity contribution >= 4 is 86.6 Å². The minimum atomic E-state index is 0.563. The van der Waals surface area contributed by atoms with E-state index in [0.29, 0.717) is 17.5 Å². The van der Waals surface area contributed by atoms with Crippen LogP contribution >= 0.6 is 0 Å². The van der Waals surface area contributed by atoms with Crippen LogP contribution in [0.3, 0.4) is 0 Å². The Morgan fingerprint density at radius 3 is 1.42 bits per heavy atom. The van der Waals surface area contributed by atoms with Gasteiger partial charge in [-0.1, -0.05) is 176 Å². The third kappa shape index (κ3) is 5.54. The highest BCUT2D eigenvalue weighted by atomic mass is 16.3. The summed E-state index contributed by atoms with van der Waals surface area (Å²) >= 11 is 0. The first-order chi connectivity index (χ1) is 32.2. The number of fused-ring (bicyclic) bond motifs is 5. The lowest BCUT2D eigenvalue weighted by atomic mass is 9.86. The van der Waals surface area contributed by atoms with Gasteiger partial charge in [-0.25, -0.2) is 15.0 Å². The normalized spacial score (nSPS) is 12.0. The maximum atomic E-state index is 6.47. The van der Waals surface area contributed by atoms with E-state index in [-0.39, 0.29) is 0 Å². The fraction of sp³-hybridized carbons (Fsp3) is 0. The minimum Gasteiger partial charge on any atom is -0.455 e. The van der Waals surface area contributed by atoms with Crippen molar-refractivity contribution in [3.8, 4) is 56.4 Å². The van der Waals surface area contributed by atoms with E-state index in [2.05, 4.69) is 152 Å². The standard InChI is InChI=1S/C61H35N3O/c1-2-12-39(13-3-1)59-62-60(64-61(63-59)51-26-11-25-50-46-21-4-5-27-53(46)65-58(50)51)44-20-7-18-41(33-44)40-17-6-19-42(32-40)45-34-43-31-30-38-15-9-23-48-47-22-8-14-36-28-29-37-16-10-24-49(56(37)54(36)47)52(35-45)57(43)55(38)48/h1-35H. The molecule has 14 aromatic rings. The SMILES string of the molecule is c1ccc(-c2nc(-c3cccc(-c4cccc(-c5cc6ccc7cccc8c9cccc%10ccc%11cccc(c(c5)c6c78)c%11c%109)c4)c3)nc(-c3cccc4c3oc3ccccc34)n2)cc1. The Labute approximate surface area is 373 Å². The number of hydrogen-bond donors (Lipinski definition) is 0. The Morgan fingerprint density at radius 1 is 0.262 bits per heavy atom. The molecule has 300 valence electrons. The average molecular weight is 826 g/mol. The molecular formula is C61H35N3O. The van der Waals surface area contributed by atoms with Crippen LogP contribution in [0, 0.1) is 0 Å². The number of hydrogen-bond acceptors (Lipinski definition) is 4. The van der Waals surface area contributed by atoms with E-state index in [0.717, 1.165) is 55.3 Å². The third-order valence-electron chi connectivity index (χ3n) is 13.4. The van der Waals surface area contributed by atoms with Crippen LogP contribution in [0.15, 0.2) is 217 Å². The van der Waals surface area contributed by atoms with Crippen LogP contribution in [0.5, 0.6) is 0 Å². The lowest BCUT2D eigenvalue weighted by Crippen LogP contribution is -2.00. The highest BCUT2D eigenvalue weighted by Crippen LogP contribution is 2.45. The molecule has 0 radical (unpaired) electrons. The predicted molar refractivity (Wildman–Crippen MR) is 271 cm³/mol. The van der Waals surface area contributed by atoms with Gasteiger partial charge >= 0.3 is 0 Å². The average Bonchev–Trinajstić information content (AvgIpc) is 3.76. The molecule has 65 heavy (non-hydrogen) atoms. The van der Waals surface area contributed by atoms with Gasteiger partial charge in [0.25, 0.3) is 0 Å². The smallest absolute Gasteiger partial charge is 0.167 e. The number of benzene rings is 11. The second kappa shape index (κ2) is 13.9. The van der Waals surface area contributed by atoms with E-state index in [9.17, 15) is 0 Å². The molecule has 0 fully saturated rings. The Balaban J connectivity index is 0.940. The van der Waals surface area contributed by atoms with Crippen LogP contribution in [0.4, 0.5) is 0 Å². The second-order valence-corrected chi connectivity index (χ2v) is 17.1. The Bertz CT molecular complexity index is 4240. The molecule has 0 saturated heterocycles. The van der Waals surface area contributed by atoms with Crippen LogP contribution in [-0.4, -0.2) is 15.0 Å². The summed E-state index contributed by atoms with van der Waals surface area (Å²) in [5, 5.41) is 17.4. The molecule has 0 atom stereocenters. The first-order valence-electron chi connectivity index (χ1n) is 22.1. The van der Waals surface area contributed by atoms with Gasteiger partial charge in [-0.3, -0.25) is 0 Å². The molecule has 14 rings (SSSR count). The lowest BCUT2D eigenvalue weighted by molar-refractivity contribution is 0.669. The van der Waals surface area contributed by atoms with E-state index >= 15 is 0 Å². The van der Waals surface area contributed by atoms with Crippen LogP contribution in [0.2, 0.25) is 0 Å². The summed E-state index contributed by atoms with van der Waals surface area (Å²) in [6.45, 7) is 0. The summed E-state index contributed by atoms with van der Waals surface area (Å²) in [6.07, 6.45) is 0. The summed E-state index contributed by atoms with van der Waals surface area (Å²) in [7, 11) is 0. The monoisotopic (exact) mass is 825 g/mol. The fourth-order valence-corrected chi connectivity index (χ4v) is 10.4. The van der Waals surface area contributed by atoms with Gasteiger partial charge < -0.3 is 4.42 Å². The first-order valence-corrected chi connectivity index (χ1v) is 22.1. The minimum absolute atomic E-state index is 0.563. The van der Waals surface area contributed by atoms with Crippen LogP contribution in [0.1, 0.15) is 0 Å². The first kappa shape index (κ1) is 35.8. The third-order valence-corrected chi connectivity index (χ3v) is 13.4. The van der Waals surface area contributed by atoms with Crippen molar-refractivity contribution in [3.63, 3.8) is 0 Å². The molecule has 4 heteroatoms. The van der Waals surface area contributed by atoms with Crippen molar-refractivity contribution < 1.29 is 4.42 Å². The van der Waals surface area contributed by atoms with E-state index in [4.69, 9.17) is 19.4 Å². The molecule has 0 amide bonds. The molecule has 0 bridgehead atoms. The van der Waals surface area contributed by atoms with Crippen LogP contribution in [0.25, 0.3) is 143 Å². The molecule has 12 aromatic carbocycles. The van der Waals surface area contributed by atoms with Crippen molar-refractivity contribution in [1.82, 2.24) is 15.0 Å². The van der Waals surface area contributed by atoms with Gasteiger partial charge in [-0.2, -0.15) is 0 Å². The maximum Gasteiger partial charge on any atom is 0.167 e. The molecule has 2 aromatic heterocycles. The predicted octanol–water partition coefficient (Wildman–Crippen LogP) is 16.5. The number of aromatic nitrogens is 3.